The quantitative estimate of drug-likeness (QED) is 0.714. The number of halogens is 1. The van der Waals surface area contributed by atoms with E-state index in [1.807, 2.05) is 28.8 Å². The maximum absolute atomic E-state index is 12.5. The number of hydrogen-bond donors (Lipinski definition) is 1. The number of fused-ring (bicyclic) bond motifs is 1. The summed E-state index contributed by atoms with van der Waals surface area (Å²) in [6, 6.07) is 12.2. The van der Waals surface area contributed by atoms with Crippen molar-refractivity contribution in [3.63, 3.8) is 0 Å². The van der Waals surface area contributed by atoms with Gasteiger partial charge in [-0.25, -0.2) is 9.78 Å². The number of ether oxygens (including phenoxy) is 1. The molecular formula is C20H16ClN3O4. The molecule has 1 amide bonds. The van der Waals surface area contributed by atoms with Crippen molar-refractivity contribution in [2.24, 2.45) is 0 Å². The number of carbonyl (C=O) groups excluding carboxylic acids is 1. The van der Waals surface area contributed by atoms with Gasteiger partial charge in [-0.1, -0.05) is 29.8 Å². The molecule has 8 heteroatoms. The summed E-state index contributed by atoms with van der Waals surface area (Å²) in [5.74, 6) is -1.13. The van der Waals surface area contributed by atoms with E-state index in [0.717, 1.165) is 11.3 Å². The van der Waals surface area contributed by atoms with Gasteiger partial charge in [-0.05, 0) is 29.8 Å². The Hall–Kier alpha value is -3.32. The van der Waals surface area contributed by atoms with Crippen molar-refractivity contribution in [3.05, 3.63) is 76.8 Å². The molecule has 0 bridgehead atoms. The lowest BCUT2D eigenvalue weighted by atomic mass is 10.1. The summed E-state index contributed by atoms with van der Waals surface area (Å²) < 4.78 is 7.34. The number of rotatable bonds is 5. The second-order valence-corrected chi connectivity index (χ2v) is 6.80. The average molecular weight is 398 g/mol. The third-order valence-corrected chi connectivity index (χ3v) is 4.79. The topological polar surface area (TPSA) is 84.7 Å². The van der Waals surface area contributed by atoms with Crippen molar-refractivity contribution in [3.8, 4) is 5.75 Å². The normalized spacial score (nSPS) is 13.2. The highest BCUT2D eigenvalue weighted by Gasteiger charge is 2.29. The van der Waals surface area contributed by atoms with Crippen LogP contribution < -0.4 is 9.64 Å². The smallest absolute Gasteiger partial charge is 0.339 e. The molecule has 0 unspecified atom stereocenters. The lowest BCUT2D eigenvalue weighted by molar-refractivity contribution is -0.121. The van der Waals surface area contributed by atoms with Gasteiger partial charge in [-0.3, -0.25) is 9.69 Å². The van der Waals surface area contributed by atoms with E-state index in [4.69, 9.17) is 16.3 Å². The van der Waals surface area contributed by atoms with Crippen LogP contribution in [0.1, 0.15) is 21.6 Å². The molecule has 142 valence electrons. The van der Waals surface area contributed by atoms with Gasteiger partial charge in [0.15, 0.2) is 12.4 Å². The van der Waals surface area contributed by atoms with Crippen LogP contribution in [0.3, 0.4) is 0 Å². The summed E-state index contributed by atoms with van der Waals surface area (Å²) in [6.07, 6.45) is 3.39. The lowest BCUT2D eigenvalue weighted by Gasteiger charge is -2.30. The molecule has 2 heterocycles. The van der Waals surface area contributed by atoms with Gasteiger partial charge in [-0.2, -0.15) is 0 Å². The Bertz CT molecular complexity index is 1050. The third kappa shape index (κ3) is 3.44. The zero-order valence-electron chi connectivity index (χ0n) is 14.7. The fourth-order valence-corrected chi connectivity index (χ4v) is 3.27. The Morgan fingerprint density at radius 3 is 2.71 bits per heavy atom. The van der Waals surface area contributed by atoms with Gasteiger partial charge >= 0.3 is 5.97 Å². The van der Waals surface area contributed by atoms with Crippen molar-refractivity contribution in [2.75, 3.05) is 11.5 Å². The number of benzene rings is 2. The Morgan fingerprint density at radius 1 is 1.18 bits per heavy atom. The fraction of sp³-hybridized carbons (Fsp3) is 0.150. The zero-order chi connectivity index (χ0) is 19.7. The molecule has 2 aromatic carbocycles. The SMILES string of the molecule is O=C(O)c1cccc2c1OCC(=O)N2Cc1cncn1Cc1ccc(Cl)cc1. The minimum absolute atomic E-state index is 0.0321. The first-order valence-electron chi connectivity index (χ1n) is 8.56. The standard InChI is InChI=1S/C20H16ClN3O4/c21-14-6-4-13(5-7-14)9-23-12-22-8-15(23)10-24-17-3-1-2-16(20(26)27)19(17)28-11-18(24)25/h1-8,12H,9-11H2,(H,26,27). The van der Waals surface area contributed by atoms with Gasteiger partial charge < -0.3 is 14.4 Å². The molecule has 1 aliphatic heterocycles. The number of nitrogens with zero attached hydrogens (tertiary/aromatic N) is 3. The summed E-state index contributed by atoms with van der Waals surface area (Å²) in [7, 11) is 0. The number of carboxylic acids is 1. The lowest BCUT2D eigenvalue weighted by Crippen LogP contribution is -2.39. The molecule has 0 radical (unpaired) electrons. The van der Waals surface area contributed by atoms with Crippen LogP contribution in [-0.2, 0) is 17.9 Å². The largest absolute Gasteiger partial charge is 0.481 e. The van der Waals surface area contributed by atoms with Gasteiger partial charge in [0.1, 0.15) is 5.56 Å². The molecule has 0 fully saturated rings. The number of aromatic carboxylic acids is 1. The van der Waals surface area contributed by atoms with E-state index >= 15 is 0 Å². The van der Waals surface area contributed by atoms with E-state index in [9.17, 15) is 14.7 Å². The van der Waals surface area contributed by atoms with E-state index in [2.05, 4.69) is 4.98 Å². The van der Waals surface area contributed by atoms with Crippen LogP contribution in [0.5, 0.6) is 5.75 Å². The fourth-order valence-electron chi connectivity index (χ4n) is 3.15. The monoisotopic (exact) mass is 397 g/mol. The number of para-hydroxylation sites is 1. The Balaban J connectivity index is 1.63. The van der Waals surface area contributed by atoms with Gasteiger partial charge in [-0.15, -0.1) is 0 Å². The molecule has 0 atom stereocenters. The van der Waals surface area contributed by atoms with Crippen LogP contribution in [0, 0.1) is 0 Å². The number of carboxylic acid groups (broad SMARTS) is 1. The highest BCUT2D eigenvalue weighted by molar-refractivity contribution is 6.30. The highest BCUT2D eigenvalue weighted by Crippen LogP contribution is 2.36. The molecular weight excluding hydrogens is 382 g/mol. The summed E-state index contributed by atoms with van der Waals surface area (Å²) in [4.78, 5) is 29.7. The van der Waals surface area contributed by atoms with Crippen molar-refractivity contribution in [1.82, 2.24) is 9.55 Å². The van der Waals surface area contributed by atoms with Gasteiger partial charge in [0.05, 0.1) is 24.3 Å². The first-order valence-corrected chi connectivity index (χ1v) is 8.93. The van der Waals surface area contributed by atoms with Crippen LogP contribution in [0.4, 0.5) is 5.69 Å². The highest BCUT2D eigenvalue weighted by atomic mass is 35.5. The number of amides is 1. The summed E-state index contributed by atoms with van der Waals surface area (Å²) in [6.45, 7) is 0.627. The summed E-state index contributed by atoms with van der Waals surface area (Å²) in [5.41, 5.74) is 2.34. The van der Waals surface area contributed by atoms with E-state index in [1.165, 1.54) is 11.0 Å². The van der Waals surface area contributed by atoms with Crippen LogP contribution in [0.25, 0.3) is 0 Å². The van der Waals surface area contributed by atoms with Gasteiger partial charge in [0.2, 0.25) is 0 Å². The maximum atomic E-state index is 12.5. The molecule has 7 nitrogen and oxygen atoms in total. The molecule has 0 spiro atoms. The van der Waals surface area contributed by atoms with Crippen molar-refractivity contribution in [1.29, 1.82) is 0 Å². The zero-order valence-corrected chi connectivity index (χ0v) is 15.5. The molecule has 0 aliphatic carbocycles. The van der Waals surface area contributed by atoms with Crippen LogP contribution in [0.15, 0.2) is 55.0 Å². The Morgan fingerprint density at radius 2 is 1.96 bits per heavy atom. The number of hydrogen-bond acceptors (Lipinski definition) is 4. The number of aromatic nitrogens is 2. The molecule has 0 saturated carbocycles. The first-order chi connectivity index (χ1) is 13.5. The second-order valence-electron chi connectivity index (χ2n) is 6.37. The molecule has 1 aliphatic rings. The van der Waals surface area contributed by atoms with E-state index in [1.54, 1.807) is 24.7 Å². The third-order valence-electron chi connectivity index (χ3n) is 4.54. The van der Waals surface area contributed by atoms with Crippen molar-refractivity contribution >= 4 is 29.2 Å². The van der Waals surface area contributed by atoms with E-state index in [0.29, 0.717) is 17.3 Å². The minimum Gasteiger partial charge on any atom is -0.481 e. The van der Waals surface area contributed by atoms with Crippen LogP contribution >= 0.6 is 11.6 Å². The molecule has 3 aromatic rings. The summed E-state index contributed by atoms with van der Waals surface area (Å²) in [5, 5.41) is 10.0. The van der Waals surface area contributed by atoms with Gasteiger partial charge in [0, 0.05) is 17.8 Å². The molecule has 1 aromatic heterocycles. The predicted molar refractivity (Wildman–Crippen MR) is 103 cm³/mol. The van der Waals surface area contributed by atoms with Crippen LogP contribution in [-0.4, -0.2) is 33.1 Å². The molecule has 4 rings (SSSR count). The van der Waals surface area contributed by atoms with Crippen LogP contribution in [0.2, 0.25) is 5.02 Å². The Kier molecular flexibility index (Phi) is 4.75. The number of imidazole rings is 1. The Labute approximate surface area is 165 Å². The number of anilines is 1. The minimum atomic E-state index is -1.10. The predicted octanol–water partition coefficient (Wildman–Crippen LogP) is 3.21. The second kappa shape index (κ2) is 7.36. The van der Waals surface area contributed by atoms with Crippen molar-refractivity contribution < 1.29 is 19.4 Å². The molecule has 0 saturated heterocycles. The number of carbonyl (C=O) groups is 2. The first kappa shape index (κ1) is 18.1. The maximum Gasteiger partial charge on any atom is 0.339 e. The summed E-state index contributed by atoms with van der Waals surface area (Å²) >= 11 is 5.94. The van der Waals surface area contributed by atoms with Crippen molar-refractivity contribution in [2.45, 2.75) is 13.1 Å². The molecule has 28 heavy (non-hydrogen) atoms. The van der Waals surface area contributed by atoms with E-state index < -0.39 is 5.97 Å². The van der Waals surface area contributed by atoms with E-state index in [-0.39, 0.29) is 30.4 Å². The molecule has 1 N–H and O–H groups in total. The van der Waals surface area contributed by atoms with Gasteiger partial charge in [0.25, 0.3) is 5.91 Å². The average Bonchev–Trinajstić information content (AvgIpc) is 3.12.